The first-order valence-electron chi connectivity index (χ1n) is 7.46. The van der Waals surface area contributed by atoms with Crippen molar-refractivity contribution in [2.24, 2.45) is 17.6 Å². The molecule has 1 heterocycles. The first-order chi connectivity index (χ1) is 8.51. The van der Waals surface area contributed by atoms with Crippen LogP contribution in [0.5, 0.6) is 0 Å². The molecule has 0 saturated carbocycles. The van der Waals surface area contributed by atoms with Crippen LogP contribution in [0.4, 0.5) is 0 Å². The van der Waals surface area contributed by atoms with Crippen molar-refractivity contribution in [2.75, 3.05) is 33.4 Å². The molecule has 0 aromatic rings. The van der Waals surface area contributed by atoms with E-state index in [0.717, 1.165) is 25.0 Å². The normalized spacial score (nSPS) is 22.3. The first-order valence-corrected chi connectivity index (χ1v) is 7.46. The van der Waals surface area contributed by atoms with E-state index in [9.17, 15) is 0 Å². The number of likely N-dealkylation sites (tertiary alicyclic amines) is 1. The van der Waals surface area contributed by atoms with Gasteiger partial charge in [-0.3, -0.25) is 4.90 Å². The van der Waals surface area contributed by atoms with Crippen molar-refractivity contribution in [3.8, 4) is 0 Å². The lowest BCUT2D eigenvalue weighted by Gasteiger charge is -2.45. The molecule has 0 spiro atoms. The van der Waals surface area contributed by atoms with Crippen LogP contribution in [0.15, 0.2) is 0 Å². The van der Waals surface area contributed by atoms with Gasteiger partial charge in [0.1, 0.15) is 0 Å². The van der Waals surface area contributed by atoms with Gasteiger partial charge in [-0.2, -0.15) is 0 Å². The van der Waals surface area contributed by atoms with Crippen molar-refractivity contribution in [2.45, 2.75) is 52.0 Å². The highest BCUT2D eigenvalue weighted by atomic mass is 16.5. The molecule has 108 valence electrons. The van der Waals surface area contributed by atoms with Gasteiger partial charge in [0.2, 0.25) is 0 Å². The summed E-state index contributed by atoms with van der Waals surface area (Å²) in [5, 5.41) is 0. The second-order valence-corrected chi connectivity index (χ2v) is 6.52. The summed E-state index contributed by atoms with van der Waals surface area (Å²) in [5.41, 5.74) is 6.25. The fraction of sp³-hybridized carbons (Fsp3) is 1.00. The predicted molar refractivity (Wildman–Crippen MR) is 77.7 cm³/mol. The maximum atomic E-state index is 6.05. The van der Waals surface area contributed by atoms with Crippen molar-refractivity contribution >= 4 is 0 Å². The van der Waals surface area contributed by atoms with Gasteiger partial charge in [0.15, 0.2) is 0 Å². The number of hydrogen-bond donors (Lipinski definition) is 1. The van der Waals surface area contributed by atoms with E-state index in [-0.39, 0.29) is 5.54 Å². The molecule has 1 aliphatic rings. The third-order valence-corrected chi connectivity index (χ3v) is 4.48. The number of rotatable bonds is 7. The fourth-order valence-electron chi connectivity index (χ4n) is 2.86. The van der Waals surface area contributed by atoms with Gasteiger partial charge in [-0.25, -0.2) is 0 Å². The quantitative estimate of drug-likeness (QED) is 0.760. The Kier molecular flexibility index (Phi) is 6.61. The summed E-state index contributed by atoms with van der Waals surface area (Å²) in [6, 6.07) is 0. The Morgan fingerprint density at radius 2 is 1.94 bits per heavy atom. The third kappa shape index (κ3) is 4.52. The summed E-state index contributed by atoms with van der Waals surface area (Å²) in [7, 11) is 1.80. The van der Waals surface area contributed by atoms with Gasteiger partial charge in [0.05, 0.1) is 0 Å². The van der Waals surface area contributed by atoms with Gasteiger partial charge in [-0.05, 0) is 57.5 Å². The van der Waals surface area contributed by atoms with Gasteiger partial charge in [-0.15, -0.1) is 0 Å². The van der Waals surface area contributed by atoms with Crippen molar-refractivity contribution in [3.63, 3.8) is 0 Å². The van der Waals surface area contributed by atoms with Gasteiger partial charge in [0, 0.05) is 25.8 Å². The van der Waals surface area contributed by atoms with Crippen molar-refractivity contribution in [1.29, 1.82) is 0 Å². The number of methoxy groups -OCH3 is 1. The SMILES string of the molecule is COCC1CCN(C(C)(CN)CCC(C)C)CC1. The Labute approximate surface area is 113 Å². The number of nitrogens with zero attached hydrogens (tertiary/aromatic N) is 1. The number of hydrogen-bond acceptors (Lipinski definition) is 3. The van der Waals surface area contributed by atoms with E-state index < -0.39 is 0 Å². The number of nitrogens with two attached hydrogens (primary N) is 1. The van der Waals surface area contributed by atoms with Gasteiger partial charge < -0.3 is 10.5 Å². The monoisotopic (exact) mass is 256 g/mol. The van der Waals surface area contributed by atoms with Crippen LogP contribution in [-0.4, -0.2) is 43.8 Å². The largest absolute Gasteiger partial charge is 0.384 e. The van der Waals surface area contributed by atoms with E-state index in [4.69, 9.17) is 10.5 Å². The molecule has 1 unspecified atom stereocenters. The second-order valence-electron chi connectivity index (χ2n) is 6.52. The zero-order valence-electron chi connectivity index (χ0n) is 12.7. The topological polar surface area (TPSA) is 38.5 Å². The van der Waals surface area contributed by atoms with Gasteiger partial charge >= 0.3 is 0 Å². The van der Waals surface area contributed by atoms with E-state index in [1.165, 1.54) is 38.8 Å². The minimum absolute atomic E-state index is 0.197. The van der Waals surface area contributed by atoms with E-state index in [1.54, 1.807) is 7.11 Å². The molecule has 0 aliphatic carbocycles. The lowest BCUT2D eigenvalue weighted by molar-refractivity contribution is 0.0357. The molecule has 1 aliphatic heterocycles. The van der Waals surface area contributed by atoms with Crippen LogP contribution in [-0.2, 0) is 4.74 Å². The molecule has 3 heteroatoms. The lowest BCUT2D eigenvalue weighted by Crippen LogP contribution is -2.54. The Hall–Kier alpha value is -0.120. The summed E-state index contributed by atoms with van der Waals surface area (Å²) in [4.78, 5) is 2.61. The van der Waals surface area contributed by atoms with Crippen LogP contribution in [0, 0.1) is 11.8 Å². The average Bonchev–Trinajstić information content (AvgIpc) is 2.37. The number of ether oxygens (including phenoxy) is 1. The van der Waals surface area contributed by atoms with E-state index in [0.29, 0.717) is 0 Å². The summed E-state index contributed by atoms with van der Waals surface area (Å²) in [6.45, 7) is 11.0. The second kappa shape index (κ2) is 7.46. The van der Waals surface area contributed by atoms with E-state index in [2.05, 4.69) is 25.7 Å². The van der Waals surface area contributed by atoms with Gasteiger partial charge in [-0.1, -0.05) is 13.8 Å². The van der Waals surface area contributed by atoms with Crippen LogP contribution in [0.1, 0.15) is 46.5 Å². The van der Waals surface area contributed by atoms with Crippen LogP contribution in [0.2, 0.25) is 0 Å². The number of piperidine rings is 1. The summed E-state index contributed by atoms with van der Waals surface area (Å²) in [6.07, 6.45) is 5.00. The molecule has 18 heavy (non-hydrogen) atoms. The maximum absolute atomic E-state index is 6.05. The molecule has 3 nitrogen and oxygen atoms in total. The molecule has 1 atom stereocenters. The molecule has 0 aromatic heterocycles. The lowest BCUT2D eigenvalue weighted by atomic mass is 9.86. The molecule has 2 N–H and O–H groups in total. The van der Waals surface area contributed by atoms with Crippen LogP contribution in [0.25, 0.3) is 0 Å². The van der Waals surface area contributed by atoms with E-state index in [1.807, 2.05) is 0 Å². The van der Waals surface area contributed by atoms with Crippen molar-refractivity contribution in [1.82, 2.24) is 4.90 Å². The highest BCUT2D eigenvalue weighted by Gasteiger charge is 2.33. The standard InChI is InChI=1S/C15H32N2O/c1-13(2)5-8-15(3,12-16)17-9-6-14(7-10-17)11-18-4/h13-14H,5-12,16H2,1-4H3. The summed E-state index contributed by atoms with van der Waals surface area (Å²) < 4.78 is 5.26. The zero-order valence-corrected chi connectivity index (χ0v) is 12.7. The summed E-state index contributed by atoms with van der Waals surface area (Å²) in [5.74, 6) is 1.51. The van der Waals surface area contributed by atoms with Crippen molar-refractivity contribution in [3.05, 3.63) is 0 Å². The molecule has 1 fully saturated rings. The molecule has 1 rings (SSSR count). The Morgan fingerprint density at radius 3 is 2.39 bits per heavy atom. The molecule has 1 saturated heterocycles. The predicted octanol–water partition coefficient (Wildman–Crippen LogP) is 2.50. The zero-order chi connectivity index (χ0) is 13.6. The first kappa shape index (κ1) is 15.9. The highest BCUT2D eigenvalue weighted by Crippen LogP contribution is 2.28. The minimum Gasteiger partial charge on any atom is -0.384 e. The van der Waals surface area contributed by atoms with Crippen LogP contribution >= 0.6 is 0 Å². The highest BCUT2D eigenvalue weighted by molar-refractivity contribution is 4.90. The van der Waals surface area contributed by atoms with Crippen molar-refractivity contribution < 1.29 is 4.74 Å². The Morgan fingerprint density at radius 1 is 1.33 bits per heavy atom. The smallest absolute Gasteiger partial charge is 0.0491 e. The Balaban J connectivity index is 2.46. The van der Waals surface area contributed by atoms with Crippen LogP contribution < -0.4 is 5.73 Å². The average molecular weight is 256 g/mol. The molecular formula is C15H32N2O. The molecule has 0 radical (unpaired) electrons. The van der Waals surface area contributed by atoms with Crippen LogP contribution in [0.3, 0.4) is 0 Å². The fourth-order valence-corrected chi connectivity index (χ4v) is 2.86. The molecule has 0 bridgehead atoms. The van der Waals surface area contributed by atoms with Gasteiger partial charge in [0.25, 0.3) is 0 Å². The maximum Gasteiger partial charge on any atom is 0.0491 e. The third-order valence-electron chi connectivity index (χ3n) is 4.48. The molecule has 0 aromatic carbocycles. The minimum atomic E-state index is 0.197. The molecule has 0 amide bonds. The Bertz CT molecular complexity index is 225. The molecular weight excluding hydrogens is 224 g/mol. The summed E-state index contributed by atoms with van der Waals surface area (Å²) >= 11 is 0. The van der Waals surface area contributed by atoms with E-state index >= 15 is 0 Å².